The van der Waals surface area contributed by atoms with Gasteiger partial charge in [-0.2, -0.15) is 0 Å². The van der Waals surface area contributed by atoms with Crippen LogP contribution in [0.3, 0.4) is 0 Å². The molecule has 1 aliphatic heterocycles. The molecule has 2 unspecified atom stereocenters. The van der Waals surface area contributed by atoms with Crippen molar-refractivity contribution in [3.63, 3.8) is 0 Å². The number of nitrogens with zero attached hydrogens (tertiary/aromatic N) is 2. The summed E-state index contributed by atoms with van der Waals surface area (Å²) >= 11 is 0. The van der Waals surface area contributed by atoms with Gasteiger partial charge in [-0.25, -0.2) is 9.37 Å². The van der Waals surface area contributed by atoms with Crippen LogP contribution in [0.4, 0.5) is 4.39 Å². The van der Waals surface area contributed by atoms with E-state index in [9.17, 15) is 9.59 Å². The van der Waals surface area contributed by atoms with Gasteiger partial charge >= 0.3 is 0 Å². The van der Waals surface area contributed by atoms with E-state index in [1.165, 1.54) is 18.5 Å². The monoisotopic (exact) mass is 459 g/mol. The molecule has 1 fully saturated rings. The highest BCUT2D eigenvalue weighted by atomic mass is 19.1. The number of fused-ring (bicyclic) bond motifs is 1. The zero-order chi connectivity index (χ0) is 23.9. The fraction of sp³-hybridized carbons (Fsp3) is 0.231. The first-order chi connectivity index (χ1) is 16.3. The van der Waals surface area contributed by atoms with Crippen LogP contribution in [0.15, 0.2) is 67.0 Å². The second-order valence-corrected chi connectivity index (χ2v) is 8.57. The summed E-state index contributed by atoms with van der Waals surface area (Å²) in [5.41, 5.74) is 1.48. The Kier molecular flexibility index (Phi) is 5.55. The Morgan fingerprint density at radius 3 is 2.62 bits per heavy atom. The highest BCUT2D eigenvalue weighted by Crippen LogP contribution is 2.36. The van der Waals surface area contributed by atoms with Crippen molar-refractivity contribution in [3.8, 4) is 0 Å². The average Bonchev–Trinajstić information content (AvgIpc) is 3.42. The van der Waals surface area contributed by atoms with E-state index in [0.29, 0.717) is 11.0 Å². The van der Waals surface area contributed by atoms with Gasteiger partial charge in [0.15, 0.2) is 17.4 Å². The third kappa shape index (κ3) is 4.02. The quantitative estimate of drug-likeness (QED) is 0.330. The Bertz CT molecular complexity index is 1350. The van der Waals surface area contributed by atoms with E-state index in [1.807, 2.05) is 6.07 Å². The molecule has 34 heavy (non-hydrogen) atoms. The van der Waals surface area contributed by atoms with Gasteiger partial charge in [-0.1, -0.05) is 24.3 Å². The van der Waals surface area contributed by atoms with Gasteiger partial charge < -0.3 is 14.5 Å². The lowest BCUT2D eigenvalue weighted by molar-refractivity contribution is -0.139. The molecule has 0 spiro atoms. The topological polar surface area (TPSA) is 94.2 Å². The number of benzene rings is 2. The highest BCUT2D eigenvalue weighted by Gasteiger charge is 2.38. The van der Waals surface area contributed by atoms with Crippen molar-refractivity contribution >= 4 is 22.6 Å². The molecule has 0 radical (unpaired) electrons. The van der Waals surface area contributed by atoms with Crippen molar-refractivity contribution in [3.05, 3.63) is 95.3 Å². The Hall–Kier alpha value is -3.75. The number of nitrogens with one attached hydrogen (secondary N) is 1. The summed E-state index contributed by atoms with van der Waals surface area (Å²) in [5, 5.41) is 0. The van der Waals surface area contributed by atoms with Gasteiger partial charge in [0.25, 0.3) is 0 Å². The van der Waals surface area contributed by atoms with Crippen molar-refractivity contribution < 1.29 is 23.5 Å². The lowest BCUT2D eigenvalue weighted by Crippen LogP contribution is -2.25. The van der Waals surface area contributed by atoms with Crippen LogP contribution < -0.4 is 0 Å². The first kappa shape index (κ1) is 22.1. The minimum atomic E-state index is -1.38. The summed E-state index contributed by atoms with van der Waals surface area (Å²) in [7, 11) is 0. The van der Waals surface area contributed by atoms with Gasteiger partial charge in [0.1, 0.15) is 23.7 Å². The molecule has 7 nitrogen and oxygen atoms in total. The molecule has 0 bridgehead atoms. The molecular formula is C26H22FN3O4. The van der Waals surface area contributed by atoms with Crippen LogP contribution in [0.5, 0.6) is 0 Å². The van der Waals surface area contributed by atoms with E-state index >= 15 is 4.39 Å². The molecule has 172 valence electrons. The van der Waals surface area contributed by atoms with Crippen molar-refractivity contribution in [2.45, 2.75) is 31.7 Å². The molecule has 2 aromatic carbocycles. The van der Waals surface area contributed by atoms with Crippen LogP contribution in [-0.4, -0.2) is 38.9 Å². The van der Waals surface area contributed by atoms with E-state index < -0.39 is 35.2 Å². The molecule has 1 saturated heterocycles. The van der Waals surface area contributed by atoms with Gasteiger partial charge in [-0.05, 0) is 44.2 Å². The number of aromatic amines is 1. The molecule has 8 heteroatoms. The van der Waals surface area contributed by atoms with E-state index in [0.717, 1.165) is 0 Å². The predicted octanol–water partition coefficient (Wildman–Crippen LogP) is 4.77. The standard InChI is InChI=1S/C26H22FN3O4/c1-26(2)33-14-20(34-26)16-8-5-9-17(22(16)27)24(32)21(23(31)15-7-6-12-28-13-15)25-29-18-10-3-4-11-19(18)30-25/h3-13,20-21H,14H2,1-2H3,(H,29,30). The maximum absolute atomic E-state index is 15.7. The smallest absolute Gasteiger partial charge is 0.184 e. The maximum Gasteiger partial charge on any atom is 0.184 e. The van der Waals surface area contributed by atoms with E-state index in [1.54, 1.807) is 56.3 Å². The Morgan fingerprint density at radius 2 is 1.91 bits per heavy atom. The summed E-state index contributed by atoms with van der Waals surface area (Å²) in [6, 6.07) is 14.9. The first-order valence-corrected chi connectivity index (χ1v) is 10.9. The number of Topliss-reactive ketones (excluding diaryl/α,β-unsaturated/α-hetero) is 2. The third-order valence-corrected chi connectivity index (χ3v) is 5.80. The predicted molar refractivity (Wildman–Crippen MR) is 122 cm³/mol. The molecule has 1 N–H and O–H groups in total. The normalized spacial score (nSPS) is 18.1. The molecule has 0 amide bonds. The second-order valence-electron chi connectivity index (χ2n) is 8.57. The summed E-state index contributed by atoms with van der Waals surface area (Å²) in [6.07, 6.45) is 2.24. The molecule has 2 atom stereocenters. The number of hydrogen-bond donors (Lipinski definition) is 1. The maximum atomic E-state index is 15.7. The second kappa shape index (κ2) is 8.55. The number of rotatable bonds is 6. The summed E-state index contributed by atoms with van der Waals surface area (Å²) in [5.74, 6) is -4.05. The number of ether oxygens (including phenoxy) is 2. The van der Waals surface area contributed by atoms with Gasteiger partial charge in [0.2, 0.25) is 0 Å². The van der Waals surface area contributed by atoms with E-state index in [2.05, 4.69) is 15.0 Å². The molecule has 2 aromatic heterocycles. The van der Waals surface area contributed by atoms with Crippen LogP contribution in [0.2, 0.25) is 0 Å². The Balaban J connectivity index is 1.59. The summed E-state index contributed by atoms with van der Waals surface area (Å²) in [6.45, 7) is 3.64. The minimum absolute atomic E-state index is 0.145. The van der Waals surface area contributed by atoms with Crippen molar-refractivity contribution in [2.75, 3.05) is 6.61 Å². The van der Waals surface area contributed by atoms with Crippen LogP contribution >= 0.6 is 0 Å². The SMILES string of the molecule is CC1(C)OCC(c2cccc(C(=O)C(C(=O)c3cccnc3)c3nc4ccccc4[nH]3)c2F)O1. The number of carbonyl (C=O) groups is 2. The fourth-order valence-corrected chi connectivity index (χ4v) is 4.14. The Labute approximate surface area is 195 Å². The number of aromatic nitrogens is 3. The van der Waals surface area contributed by atoms with Crippen LogP contribution in [-0.2, 0) is 9.47 Å². The minimum Gasteiger partial charge on any atom is -0.347 e. The molecule has 3 heterocycles. The van der Waals surface area contributed by atoms with E-state index in [4.69, 9.17) is 9.47 Å². The molecule has 0 saturated carbocycles. The number of carbonyl (C=O) groups excluding carboxylic acids is 2. The average molecular weight is 459 g/mol. The van der Waals surface area contributed by atoms with Gasteiger partial charge in [-0.15, -0.1) is 0 Å². The van der Waals surface area contributed by atoms with Crippen LogP contribution in [0, 0.1) is 5.82 Å². The zero-order valence-corrected chi connectivity index (χ0v) is 18.6. The Morgan fingerprint density at radius 1 is 1.09 bits per heavy atom. The van der Waals surface area contributed by atoms with Crippen molar-refractivity contribution in [1.82, 2.24) is 15.0 Å². The van der Waals surface area contributed by atoms with Gasteiger partial charge in [0, 0.05) is 23.5 Å². The van der Waals surface area contributed by atoms with Crippen molar-refractivity contribution in [2.24, 2.45) is 0 Å². The molecular weight excluding hydrogens is 437 g/mol. The van der Waals surface area contributed by atoms with Crippen molar-refractivity contribution in [1.29, 1.82) is 0 Å². The number of imidazole rings is 1. The lowest BCUT2D eigenvalue weighted by atomic mass is 9.88. The number of pyridine rings is 1. The van der Waals surface area contributed by atoms with Crippen LogP contribution in [0.1, 0.15) is 58.0 Å². The number of para-hydroxylation sites is 2. The third-order valence-electron chi connectivity index (χ3n) is 5.80. The molecule has 5 rings (SSSR count). The van der Waals surface area contributed by atoms with E-state index in [-0.39, 0.29) is 29.1 Å². The molecule has 0 aliphatic carbocycles. The summed E-state index contributed by atoms with van der Waals surface area (Å²) < 4.78 is 27.0. The first-order valence-electron chi connectivity index (χ1n) is 10.9. The molecule has 1 aliphatic rings. The molecule has 4 aromatic rings. The van der Waals surface area contributed by atoms with Gasteiger partial charge in [-0.3, -0.25) is 14.6 Å². The summed E-state index contributed by atoms with van der Waals surface area (Å²) in [4.78, 5) is 38.7. The largest absolute Gasteiger partial charge is 0.347 e. The zero-order valence-electron chi connectivity index (χ0n) is 18.6. The number of hydrogen-bond acceptors (Lipinski definition) is 6. The number of ketones is 2. The highest BCUT2D eigenvalue weighted by molar-refractivity contribution is 6.19. The van der Waals surface area contributed by atoms with Gasteiger partial charge in [0.05, 0.1) is 23.2 Å². The lowest BCUT2D eigenvalue weighted by Gasteiger charge is -2.19. The number of H-pyrrole nitrogens is 1. The fourth-order valence-electron chi connectivity index (χ4n) is 4.14. The number of halogens is 1. The van der Waals surface area contributed by atoms with Crippen LogP contribution in [0.25, 0.3) is 11.0 Å².